The third-order valence-corrected chi connectivity index (χ3v) is 8.99. The molecule has 240 valence electrons. The van der Waals surface area contributed by atoms with Crippen LogP contribution < -0.4 is 10.6 Å². The number of amides is 1. The first-order valence-corrected chi connectivity index (χ1v) is 16.7. The Morgan fingerprint density at radius 2 is 1.52 bits per heavy atom. The third kappa shape index (κ3) is 8.93. The summed E-state index contributed by atoms with van der Waals surface area (Å²) in [6.07, 6.45) is 11.9. The van der Waals surface area contributed by atoms with Gasteiger partial charge >= 0.3 is 0 Å². The molecule has 2 heterocycles. The van der Waals surface area contributed by atoms with Gasteiger partial charge in [0.05, 0.1) is 5.69 Å². The summed E-state index contributed by atoms with van der Waals surface area (Å²) in [6, 6.07) is 9.04. The maximum Gasteiger partial charge on any atom is 0.290 e. The van der Waals surface area contributed by atoms with Crippen LogP contribution in [0.2, 0.25) is 0 Å². The smallest absolute Gasteiger partial charge is 0.290 e. The fourth-order valence-electron chi connectivity index (χ4n) is 6.00. The third-order valence-electron chi connectivity index (χ3n) is 8.99. The van der Waals surface area contributed by atoms with Crippen molar-refractivity contribution in [1.29, 1.82) is 5.26 Å². The number of hydrogen-bond acceptors (Lipinski definition) is 7. The number of azo groups is 1. The fourth-order valence-corrected chi connectivity index (χ4v) is 6.00. The minimum atomic E-state index is -0.546. The summed E-state index contributed by atoms with van der Waals surface area (Å²) in [5, 5.41) is 31.2. The van der Waals surface area contributed by atoms with Crippen LogP contribution in [0.1, 0.15) is 120 Å². The van der Waals surface area contributed by atoms with E-state index in [1.807, 2.05) is 6.07 Å². The van der Waals surface area contributed by atoms with Gasteiger partial charge in [0, 0.05) is 37.3 Å². The highest BCUT2D eigenvalue weighted by atomic mass is 16.3. The van der Waals surface area contributed by atoms with Crippen LogP contribution in [0.15, 0.2) is 39.3 Å². The number of aromatic nitrogens is 1. The van der Waals surface area contributed by atoms with E-state index in [1.165, 1.54) is 17.5 Å². The Balaban J connectivity index is 1.87. The number of benzene rings is 1. The number of unbranched alkanes of at least 4 members (excludes halogenated alkanes) is 2. The van der Waals surface area contributed by atoms with Crippen LogP contribution in [-0.4, -0.2) is 46.8 Å². The zero-order valence-corrected chi connectivity index (χ0v) is 27.5. The van der Waals surface area contributed by atoms with Gasteiger partial charge in [0.2, 0.25) is 5.88 Å². The molecule has 2 atom stereocenters. The Labute approximate surface area is 263 Å². The van der Waals surface area contributed by atoms with Crippen molar-refractivity contribution in [2.75, 3.05) is 31.2 Å². The highest BCUT2D eigenvalue weighted by Gasteiger charge is 2.25. The summed E-state index contributed by atoms with van der Waals surface area (Å²) in [6.45, 7) is 13.2. The Kier molecular flexibility index (Phi) is 13.9. The topological polar surface area (TPSA) is 114 Å². The van der Waals surface area contributed by atoms with E-state index in [0.717, 1.165) is 70.9 Å². The van der Waals surface area contributed by atoms with E-state index in [4.69, 9.17) is 0 Å². The summed E-state index contributed by atoms with van der Waals surface area (Å²) in [7, 11) is 0. The van der Waals surface area contributed by atoms with Crippen molar-refractivity contribution < 1.29 is 9.90 Å². The van der Waals surface area contributed by atoms with Gasteiger partial charge in [-0.05, 0) is 75.1 Å². The van der Waals surface area contributed by atoms with E-state index in [2.05, 4.69) is 42.8 Å². The number of aromatic hydroxyl groups is 1. The Morgan fingerprint density at radius 1 is 0.955 bits per heavy atom. The molecule has 0 aliphatic carbocycles. The molecule has 0 bridgehead atoms. The maximum absolute atomic E-state index is 13.8. The lowest BCUT2D eigenvalue weighted by molar-refractivity contribution is 0.0685. The number of hydrogen-bond donors (Lipinski definition) is 1. The van der Waals surface area contributed by atoms with E-state index < -0.39 is 5.56 Å². The number of rotatable bonds is 16. The molecule has 2 unspecified atom stereocenters. The van der Waals surface area contributed by atoms with Crippen molar-refractivity contribution >= 4 is 17.3 Å². The first kappa shape index (κ1) is 34.8. The van der Waals surface area contributed by atoms with Gasteiger partial charge in [-0.25, -0.2) is 0 Å². The number of carbonyl (C=O) groups is 1. The summed E-state index contributed by atoms with van der Waals surface area (Å²) >= 11 is 0. The van der Waals surface area contributed by atoms with E-state index >= 15 is 0 Å². The van der Waals surface area contributed by atoms with E-state index in [1.54, 1.807) is 36.2 Å². The predicted octanol–water partition coefficient (Wildman–Crippen LogP) is 8.15. The van der Waals surface area contributed by atoms with Gasteiger partial charge in [-0.3, -0.25) is 9.59 Å². The van der Waals surface area contributed by atoms with Crippen molar-refractivity contribution in [3.63, 3.8) is 0 Å². The average Bonchev–Trinajstić information content (AvgIpc) is 3.04. The van der Waals surface area contributed by atoms with Crippen LogP contribution in [-0.2, 0) is 0 Å². The van der Waals surface area contributed by atoms with E-state index in [-0.39, 0.29) is 28.6 Å². The van der Waals surface area contributed by atoms with Crippen molar-refractivity contribution in [1.82, 2.24) is 9.58 Å². The van der Waals surface area contributed by atoms with Crippen LogP contribution in [0.25, 0.3) is 0 Å². The molecule has 1 aromatic heterocycles. The minimum absolute atomic E-state index is 0.0409. The highest BCUT2D eigenvalue weighted by molar-refractivity contribution is 5.94. The fraction of sp³-hybridized carbons (Fsp3) is 0.629. The second kappa shape index (κ2) is 17.6. The number of pyridine rings is 1. The molecule has 1 aromatic carbocycles. The normalized spacial score (nSPS) is 14.9. The highest BCUT2D eigenvalue weighted by Crippen LogP contribution is 2.33. The second-order valence-electron chi connectivity index (χ2n) is 12.2. The Hall–Kier alpha value is -3.67. The largest absolute Gasteiger partial charge is 0.492 e. The number of nitrogens with zero attached hydrogens (tertiary/aromatic N) is 6. The van der Waals surface area contributed by atoms with Crippen LogP contribution in [0.5, 0.6) is 5.88 Å². The molecular weight excluding hydrogens is 552 g/mol. The zero-order chi connectivity index (χ0) is 32.1. The molecule has 2 aromatic rings. The molecule has 1 amide bonds. The summed E-state index contributed by atoms with van der Waals surface area (Å²) in [5.41, 5.74) is 0.895. The molecule has 3 rings (SSSR count). The summed E-state index contributed by atoms with van der Waals surface area (Å²) in [4.78, 5) is 28.9. The molecule has 1 fully saturated rings. The van der Waals surface area contributed by atoms with Crippen molar-refractivity contribution in [3.05, 3.63) is 51.3 Å². The lowest BCUT2D eigenvalue weighted by atomic mass is 9.95. The quantitative estimate of drug-likeness (QED) is 0.194. The van der Waals surface area contributed by atoms with Crippen molar-refractivity contribution in [2.24, 2.45) is 22.1 Å². The van der Waals surface area contributed by atoms with Gasteiger partial charge in [0.1, 0.15) is 11.6 Å². The molecule has 9 nitrogen and oxygen atoms in total. The van der Waals surface area contributed by atoms with Gasteiger partial charge in [0.25, 0.3) is 11.5 Å². The first-order valence-electron chi connectivity index (χ1n) is 16.7. The Bertz CT molecular complexity index is 1320. The van der Waals surface area contributed by atoms with Gasteiger partial charge in [-0.2, -0.15) is 15.1 Å². The molecular formula is C35H52N6O3. The molecule has 1 aliphatic rings. The summed E-state index contributed by atoms with van der Waals surface area (Å²) < 4.78 is 1.17. The molecule has 1 saturated heterocycles. The van der Waals surface area contributed by atoms with Crippen LogP contribution >= 0.6 is 0 Å². The zero-order valence-electron chi connectivity index (χ0n) is 27.5. The standard InChI is InChI=1S/C35H52N6O3/c1-6-10-15-27(8-3)24-39(25-28(9-4)16-11-7-2)33(42)29-17-19-30(20-18-29)37-38-32-26(5)31(23-36)34(43)41(35(32)44)40-21-13-12-14-22-40/h17-20,27-28,44H,6-16,21-22,24-25H2,1-5H3. The van der Waals surface area contributed by atoms with Crippen LogP contribution in [0.3, 0.4) is 0 Å². The monoisotopic (exact) mass is 604 g/mol. The average molecular weight is 605 g/mol. The SMILES string of the molecule is CCCCC(CC)CN(CC(CC)CCCC)C(=O)c1ccc(N=Nc2c(C)c(C#N)c(=O)n(N3CCCCC3)c2O)cc1. The van der Waals surface area contributed by atoms with Crippen molar-refractivity contribution in [2.45, 2.75) is 105 Å². The minimum Gasteiger partial charge on any atom is -0.492 e. The molecule has 0 radical (unpaired) electrons. The molecule has 0 saturated carbocycles. The van der Waals surface area contributed by atoms with Crippen LogP contribution in [0, 0.1) is 30.1 Å². The van der Waals surface area contributed by atoms with Crippen molar-refractivity contribution in [3.8, 4) is 11.9 Å². The van der Waals surface area contributed by atoms with E-state index in [9.17, 15) is 20.0 Å². The number of carbonyl (C=O) groups excluding carboxylic acids is 1. The van der Waals surface area contributed by atoms with Gasteiger partial charge in [0.15, 0.2) is 5.69 Å². The molecule has 0 spiro atoms. The lowest BCUT2D eigenvalue weighted by Gasteiger charge is -2.31. The molecule has 9 heteroatoms. The molecule has 44 heavy (non-hydrogen) atoms. The van der Waals surface area contributed by atoms with Gasteiger partial charge in [-0.15, -0.1) is 5.11 Å². The van der Waals surface area contributed by atoms with Crippen LogP contribution in [0.4, 0.5) is 11.4 Å². The molecule has 1 N–H and O–H groups in total. The maximum atomic E-state index is 13.8. The van der Waals surface area contributed by atoms with Gasteiger partial charge < -0.3 is 15.0 Å². The second-order valence-corrected chi connectivity index (χ2v) is 12.2. The number of nitriles is 1. The Morgan fingerprint density at radius 3 is 2.02 bits per heavy atom. The van der Waals surface area contributed by atoms with E-state index in [0.29, 0.717) is 36.2 Å². The summed E-state index contributed by atoms with van der Waals surface area (Å²) in [5.74, 6) is 0.692. The van der Waals surface area contributed by atoms with Gasteiger partial charge in [-0.1, -0.05) is 66.2 Å². The lowest BCUT2D eigenvalue weighted by Crippen LogP contribution is -2.46. The first-order chi connectivity index (χ1) is 21.3. The predicted molar refractivity (Wildman–Crippen MR) is 177 cm³/mol. The number of piperidine rings is 1. The molecule has 1 aliphatic heterocycles.